The third-order valence-electron chi connectivity index (χ3n) is 10.0. The Labute approximate surface area is 269 Å². The number of benzene rings is 1. The van der Waals surface area contributed by atoms with Gasteiger partial charge < -0.3 is 10.1 Å². The second-order valence-electron chi connectivity index (χ2n) is 13.5. The van der Waals surface area contributed by atoms with Crippen LogP contribution in [0, 0.1) is 5.92 Å². The molecular formula is C38H55F3N2O2. The quantitative estimate of drug-likeness (QED) is 0.188. The summed E-state index contributed by atoms with van der Waals surface area (Å²) in [6.45, 7) is 3.89. The lowest BCUT2D eigenvalue weighted by Gasteiger charge is -2.23. The molecular weight excluding hydrogens is 573 g/mol. The number of pyridine rings is 1. The zero-order valence-corrected chi connectivity index (χ0v) is 27.4. The molecule has 1 aromatic carbocycles. The van der Waals surface area contributed by atoms with Gasteiger partial charge in [-0.25, -0.2) is 0 Å². The lowest BCUT2D eigenvalue weighted by atomic mass is 9.87. The molecule has 2 aliphatic rings. The molecule has 1 aliphatic heterocycles. The van der Waals surface area contributed by atoms with Crippen LogP contribution in [0.1, 0.15) is 150 Å². The molecule has 250 valence electrons. The summed E-state index contributed by atoms with van der Waals surface area (Å²) in [6, 6.07) is 10.2. The molecule has 2 aromatic rings. The van der Waals surface area contributed by atoms with Crippen molar-refractivity contribution in [1.29, 1.82) is 0 Å². The number of carbonyl (C=O) groups excluding carboxylic acids is 1. The van der Waals surface area contributed by atoms with Gasteiger partial charge in [-0.15, -0.1) is 0 Å². The minimum absolute atomic E-state index is 0.158. The van der Waals surface area contributed by atoms with Crippen molar-refractivity contribution in [3.05, 3.63) is 65.0 Å². The number of hydrogen-bond donors (Lipinski definition) is 1. The van der Waals surface area contributed by atoms with E-state index in [1.165, 1.54) is 44.2 Å². The van der Waals surface area contributed by atoms with E-state index in [0.717, 1.165) is 114 Å². The molecule has 1 N–H and O–H groups in total. The van der Waals surface area contributed by atoms with Gasteiger partial charge in [0.1, 0.15) is 0 Å². The molecule has 0 radical (unpaired) electrons. The number of amides is 1. The normalized spacial score (nSPS) is 19.5. The van der Waals surface area contributed by atoms with Gasteiger partial charge in [0.2, 0.25) is 5.91 Å². The van der Waals surface area contributed by atoms with E-state index in [1.807, 2.05) is 6.20 Å². The summed E-state index contributed by atoms with van der Waals surface area (Å²) in [5, 5.41) is 3.37. The van der Waals surface area contributed by atoms with E-state index >= 15 is 0 Å². The average molecular weight is 629 g/mol. The molecule has 0 spiro atoms. The van der Waals surface area contributed by atoms with Crippen LogP contribution in [-0.2, 0) is 22.1 Å². The number of ether oxygens (including phenoxy) is 1. The van der Waals surface area contributed by atoms with E-state index in [2.05, 4.69) is 24.4 Å². The van der Waals surface area contributed by atoms with Crippen LogP contribution in [-0.4, -0.2) is 30.1 Å². The van der Waals surface area contributed by atoms with Crippen molar-refractivity contribution in [2.45, 2.75) is 147 Å². The average Bonchev–Trinajstić information content (AvgIpc) is 3.52. The summed E-state index contributed by atoms with van der Waals surface area (Å²) in [5.74, 6) is 1.06. The highest BCUT2D eigenvalue weighted by atomic mass is 19.4. The monoisotopic (exact) mass is 628 g/mol. The summed E-state index contributed by atoms with van der Waals surface area (Å²) >= 11 is 0. The molecule has 3 unspecified atom stereocenters. The molecule has 1 saturated heterocycles. The summed E-state index contributed by atoms with van der Waals surface area (Å²) in [4.78, 5) is 18.5. The van der Waals surface area contributed by atoms with E-state index in [9.17, 15) is 18.0 Å². The molecule has 3 atom stereocenters. The van der Waals surface area contributed by atoms with Gasteiger partial charge in [0.15, 0.2) is 0 Å². The lowest BCUT2D eigenvalue weighted by molar-refractivity contribution is -0.137. The van der Waals surface area contributed by atoms with E-state index in [1.54, 1.807) is 12.1 Å². The number of hydrogen-bond acceptors (Lipinski definition) is 3. The summed E-state index contributed by atoms with van der Waals surface area (Å²) in [6.07, 6.45) is 17.2. The van der Waals surface area contributed by atoms with Crippen molar-refractivity contribution < 1.29 is 22.7 Å². The number of nitrogens with zero attached hydrogens (tertiary/aromatic N) is 1. The fourth-order valence-electron chi connectivity index (χ4n) is 7.30. The Kier molecular flexibility index (Phi) is 14.7. The maximum Gasteiger partial charge on any atom is 0.416 e. The smallest absolute Gasteiger partial charge is 0.381 e. The second-order valence-corrected chi connectivity index (χ2v) is 13.5. The van der Waals surface area contributed by atoms with Crippen LogP contribution in [0.25, 0.3) is 0 Å². The molecule has 4 rings (SSSR count). The zero-order valence-electron chi connectivity index (χ0n) is 27.4. The lowest BCUT2D eigenvalue weighted by Crippen LogP contribution is -2.36. The minimum Gasteiger partial charge on any atom is -0.381 e. The van der Waals surface area contributed by atoms with Crippen LogP contribution < -0.4 is 5.32 Å². The number of nitrogens with one attached hydrogen (secondary N) is 1. The minimum atomic E-state index is -4.28. The number of unbranched alkanes of at least 4 members (excludes halogenated alkanes) is 2. The fourth-order valence-corrected chi connectivity index (χ4v) is 7.30. The summed E-state index contributed by atoms with van der Waals surface area (Å²) < 4.78 is 44.2. The molecule has 45 heavy (non-hydrogen) atoms. The van der Waals surface area contributed by atoms with Gasteiger partial charge in [0.25, 0.3) is 0 Å². The zero-order chi connectivity index (χ0) is 31.9. The number of rotatable bonds is 16. The molecule has 1 amide bonds. The molecule has 4 nitrogen and oxygen atoms in total. The standard InChI is InChI=1S/C38H55F3N2O2/c1-2-11-29(12-4-3-5-13-30-19-22-33(23-20-30)38(39,40)41)14-10-18-35(37(44)43-34-16-6-7-17-34)32-21-24-36(42-28-32)31-15-8-9-26-45-27-25-31/h19-24,28-29,31,34-35H,2-18,25-27H2,1H3,(H,43,44). The van der Waals surface area contributed by atoms with Crippen molar-refractivity contribution in [3.8, 4) is 0 Å². The molecule has 2 heterocycles. The molecule has 1 aliphatic carbocycles. The van der Waals surface area contributed by atoms with E-state index in [0.29, 0.717) is 17.9 Å². The maximum atomic E-state index is 13.6. The Hall–Kier alpha value is -2.41. The number of carbonyl (C=O) groups is 1. The SMILES string of the molecule is CCCC(CCCCCc1ccc(C(F)(F)F)cc1)CCCC(C(=O)NC1CCCC1)c1ccc(C2CCCCOCC2)nc1. The first-order valence-electron chi connectivity index (χ1n) is 17.8. The largest absolute Gasteiger partial charge is 0.416 e. The highest BCUT2D eigenvalue weighted by molar-refractivity contribution is 5.83. The predicted molar refractivity (Wildman–Crippen MR) is 175 cm³/mol. The van der Waals surface area contributed by atoms with Gasteiger partial charge >= 0.3 is 6.18 Å². The first-order valence-corrected chi connectivity index (χ1v) is 17.8. The Balaban J connectivity index is 1.27. The number of aromatic nitrogens is 1. The maximum absolute atomic E-state index is 13.6. The first kappa shape index (κ1) is 35.4. The molecule has 7 heteroatoms. The first-order chi connectivity index (χ1) is 21.8. The van der Waals surface area contributed by atoms with E-state index in [-0.39, 0.29) is 11.8 Å². The molecule has 1 aromatic heterocycles. The molecule has 0 bridgehead atoms. The van der Waals surface area contributed by atoms with E-state index in [4.69, 9.17) is 9.72 Å². The van der Waals surface area contributed by atoms with Crippen molar-refractivity contribution in [1.82, 2.24) is 10.3 Å². The van der Waals surface area contributed by atoms with Crippen molar-refractivity contribution in [2.24, 2.45) is 5.92 Å². The highest BCUT2D eigenvalue weighted by Gasteiger charge is 2.30. The van der Waals surface area contributed by atoms with Gasteiger partial charge in [-0.05, 0) is 86.6 Å². The van der Waals surface area contributed by atoms with Crippen LogP contribution in [0.4, 0.5) is 13.2 Å². The van der Waals surface area contributed by atoms with Crippen LogP contribution in [0.3, 0.4) is 0 Å². The van der Waals surface area contributed by atoms with Crippen LogP contribution >= 0.6 is 0 Å². The fraction of sp³-hybridized carbons (Fsp3) is 0.684. The third-order valence-corrected chi connectivity index (χ3v) is 10.0. The Morgan fingerprint density at radius 3 is 2.33 bits per heavy atom. The number of halogens is 3. The Morgan fingerprint density at radius 2 is 1.62 bits per heavy atom. The van der Waals surface area contributed by atoms with Crippen LogP contribution in [0.5, 0.6) is 0 Å². The predicted octanol–water partition coefficient (Wildman–Crippen LogP) is 10.3. The van der Waals surface area contributed by atoms with Crippen LogP contribution in [0.15, 0.2) is 42.6 Å². The van der Waals surface area contributed by atoms with Gasteiger partial charge in [0.05, 0.1) is 11.5 Å². The van der Waals surface area contributed by atoms with Gasteiger partial charge in [-0.1, -0.05) is 89.3 Å². The Bertz CT molecular complexity index is 1110. The van der Waals surface area contributed by atoms with E-state index < -0.39 is 11.7 Å². The van der Waals surface area contributed by atoms with Gasteiger partial charge in [-0.3, -0.25) is 9.78 Å². The molecule has 2 fully saturated rings. The Morgan fingerprint density at radius 1 is 0.867 bits per heavy atom. The summed E-state index contributed by atoms with van der Waals surface area (Å²) in [5.41, 5.74) is 2.55. The van der Waals surface area contributed by atoms with Crippen LogP contribution in [0.2, 0.25) is 0 Å². The number of alkyl halides is 3. The highest BCUT2D eigenvalue weighted by Crippen LogP contribution is 2.32. The number of aryl methyl sites for hydroxylation is 1. The third kappa shape index (κ3) is 12.0. The molecule has 1 saturated carbocycles. The van der Waals surface area contributed by atoms with Crippen molar-refractivity contribution in [2.75, 3.05) is 13.2 Å². The second kappa shape index (κ2) is 18.7. The van der Waals surface area contributed by atoms with Gasteiger partial charge in [-0.2, -0.15) is 13.2 Å². The summed E-state index contributed by atoms with van der Waals surface area (Å²) in [7, 11) is 0. The van der Waals surface area contributed by atoms with Crippen molar-refractivity contribution >= 4 is 5.91 Å². The topological polar surface area (TPSA) is 51.2 Å². The van der Waals surface area contributed by atoms with Crippen molar-refractivity contribution in [3.63, 3.8) is 0 Å². The van der Waals surface area contributed by atoms with Gasteiger partial charge in [0, 0.05) is 37.1 Å².